The van der Waals surface area contributed by atoms with Crippen LogP contribution < -0.4 is 0 Å². The Morgan fingerprint density at radius 1 is 0.909 bits per heavy atom. The van der Waals surface area contributed by atoms with Crippen molar-refractivity contribution in [2.24, 2.45) is 5.41 Å². The zero-order valence-electron chi connectivity index (χ0n) is 18.1. The van der Waals surface area contributed by atoms with Crippen LogP contribution in [0.1, 0.15) is 36.3 Å². The first-order chi connectivity index (χ1) is 15.7. The topological polar surface area (TPSA) is 47.8 Å². The average molecular weight is 447 g/mol. The maximum absolute atomic E-state index is 15.7. The van der Waals surface area contributed by atoms with Gasteiger partial charge >= 0.3 is 0 Å². The number of pyridine rings is 1. The summed E-state index contributed by atoms with van der Waals surface area (Å²) in [6.45, 7) is 3.81. The zero-order chi connectivity index (χ0) is 23.3. The van der Waals surface area contributed by atoms with E-state index in [1.807, 2.05) is 13.8 Å². The number of Topliss-reactive ketones (excluding diaryl/α,β-unsaturated/α-hetero) is 1. The van der Waals surface area contributed by atoms with Crippen LogP contribution >= 0.6 is 0 Å². The number of carbonyl (C=O) groups is 1. The number of halogens is 3. The highest BCUT2D eigenvalue weighted by molar-refractivity contribution is 6.02. The van der Waals surface area contributed by atoms with E-state index in [4.69, 9.17) is 0 Å². The largest absolute Gasteiger partial charge is 0.294 e. The van der Waals surface area contributed by atoms with E-state index in [0.717, 1.165) is 4.57 Å². The Balaban J connectivity index is 1.72. The predicted octanol–water partition coefficient (Wildman–Crippen LogP) is 6.17. The minimum Gasteiger partial charge on any atom is -0.294 e. The molecule has 2 aromatic carbocycles. The van der Waals surface area contributed by atoms with Gasteiger partial charge in [0.25, 0.3) is 0 Å². The molecule has 0 unspecified atom stereocenters. The lowest BCUT2D eigenvalue weighted by atomic mass is 9.75. The van der Waals surface area contributed by atoms with Crippen molar-refractivity contribution in [3.63, 3.8) is 0 Å². The van der Waals surface area contributed by atoms with Crippen molar-refractivity contribution >= 4 is 5.78 Å². The van der Waals surface area contributed by atoms with E-state index in [1.165, 1.54) is 36.4 Å². The lowest BCUT2D eigenvalue weighted by Gasteiger charge is -2.29. The number of aromatic nitrogens is 3. The van der Waals surface area contributed by atoms with Gasteiger partial charge < -0.3 is 0 Å². The Morgan fingerprint density at radius 3 is 2.36 bits per heavy atom. The Kier molecular flexibility index (Phi) is 4.92. The number of hydrogen-bond donors (Lipinski definition) is 0. The fourth-order valence-corrected chi connectivity index (χ4v) is 4.18. The third-order valence-electron chi connectivity index (χ3n) is 6.04. The van der Waals surface area contributed by atoms with Gasteiger partial charge in [-0.15, -0.1) is 0 Å². The fourth-order valence-electron chi connectivity index (χ4n) is 4.18. The maximum atomic E-state index is 15.7. The number of imidazole rings is 1. The molecule has 0 saturated heterocycles. The van der Waals surface area contributed by atoms with Gasteiger partial charge in [-0.2, -0.15) is 4.39 Å². The number of ketones is 1. The Morgan fingerprint density at radius 2 is 1.64 bits per heavy atom. The Labute approximate surface area is 188 Å². The highest BCUT2D eigenvalue weighted by Crippen LogP contribution is 2.36. The van der Waals surface area contributed by atoms with Gasteiger partial charge in [-0.3, -0.25) is 9.36 Å². The zero-order valence-corrected chi connectivity index (χ0v) is 18.1. The predicted molar refractivity (Wildman–Crippen MR) is 119 cm³/mol. The molecular weight excluding hydrogens is 427 g/mol. The molecule has 0 saturated carbocycles. The fraction of sp³-hybridized carbons (Fsp3) is 0.192. The number of rotatable bonds is 3. The van der Waals surface area contributed by atoms with Gasteiger partial charge in [0, 0.05) is 16.5 Å². The molecule has 0 amide bonds. The van der Waals surface area contributed by atoms with Crippen molar-refractivity contribution in [1.82, 2.24) is 14.5 Å². The van der Waals surface area contributed by atoms with Crippen LogP contribution in [0.25, 0.3) is 28.5 Å². The number of aryl methyl sites for hydroxylation is 1. The van der Waals surface area contributed by atoms with E-state index < -0.39 is 23.0 Å². The molecule has 0 bridgehead atoms. The lowest BCUT2D eigenvalue weighted by Crippen LogP contribution is -2.31. The number of fused-ring (bicyclic) bond motifs is 1. The van der Waals surface area contributed by atoms with Crippen LogP contribution in [-0.4, -0.2) is 20.3 Å². The van der Waals surface area contributed by atoms with Crippen LogP contribution in [0.4, 0.5) is 13.2 Å². The summed E-state index contributed by atoms with van der Waals surface area (Å²) >= 11 is 0. The molecule has 1 aliphatic carbocycles. The van der Waals surface area contributed by atoms with Crippen LogP contribution in [0.3, 0.4) is 0 Å². The SMILES string of the molecule is CC1(C)CCc2nc(-c3nc(-c4cccc(F)c4)c(F)n3-c3cccc(F)c3)ccc2C1=O. The Bertz CT molecular complexity index is 1410. The first-order valence-corrected chi connectivity index (χ1v) is 10.6. The molecule has 33 heavy (non-hydrogen) atoms. The standard InChI is InChI=1S/C26H20F3N3O/c1-26(2)12-11-20-19(23(26)33)9-10-21(30-20)25-31-22(15-5-3-6-16(27)13-15)24(29)32(25)18-8-4-7-17(28)14-18/h3-10,13-14H,11-12H2,1-2H3. The molecule has 0 aliphatic heterocycles. The molecule has 5 rings (SSSR count). The van der Waals surface area contributed by atoms with Crippen molar-refractivity contribution in [2.75, 3.05) is 0 Å². The number of benzene rings is 2. The molecule has 2 aromatic heterocycles. The first-order valence-electron chi connectivity index (χ1n) is 10.6. The van der Waals surface area contributed by atoms with Crippen LogP contribution in [-0.2, 0) is 6.42 Å². The number of carbonyl (C=O) groups excluding carboxylic acids is 1. The molecule has 0 spiro atoms. The number of hydrogen-bond acceptors (Lipinski definition) is 3. The summed E-state index contributed by atoms with van der Waals surface area (Å²) in [5.41, 5.74) is 1.43. The van der Waals surface area contributed by atoms with Gasteiger partial charge in [-0.1, -0.05) is 32.0 Å². The molecule has 1 aliphatic rings. The van der Waals surface area contributed by atoms with Crippen molar-refractivity contribution in [2.45, 2.75) is 26.7 Å². The second kappa shape index (κ2) is 7.69. The van der Waals surface area contributed by atoms with E-state index in [-0.39, 0.29) is 28.6 Å². The van der Waals surface area contributed by atoms with E-state index in [2.05, 4.69) is 9.97 Å². The minimum atomic E-state index is -0.766. The summed E-state index contributed by atoms with van der Waals surface area (Å²) in [6, 6.07) is 14.2. The minimum absolute atomic E-state index is 0.0166. The van der Waals surface area contributed by atoms with Gasteiger partial charge in [0.15, 0.2) is 11.6 Å². The van der Waals surface area contributed by atoms with Crippen LogP contribution in [0, 0.1) is 23.0 Å². The molecule has 166 valence electrons. The Hall–Kier alpha value is -3.74. The summed E-state index contributed by atoms with van der Waals surface area (Å²) in [7, 11) is 0. The molecule has 0 atom stereocenters. The van der Waals surface area contributed by atoms with E-state index in [9.17, 15) is 13.6 Å². The molecule has 4 nitrogen and oxygen atoms in total. The molecule has 4 aromatic rings. The van der Waals surface area contributed by atoms with Crippen molar-refractivity contribution in [1.29, 1.82) is 0 Å². The van der Waals surface area contributed by atoms with Crippen LogP contribution in [0.15, 0.2) is 60.7 Å². The lowest BCUT2D eigenvalue weighted by molar-refractivity contribution is 0.0809. The molecular formula is C26H20F3N3O. The second-order valence-corrected chi connectivity index (χ2v) is 8.80. The van der Waals surface area contributed by atoms with E-state index in [1.54, 1.807) is 24.3 Å². The van der Waals surface area contributed by atoms with Crippen molar-refractivity contribution < 1.29 is 18.0 Å². The quantitative estimate of drug-likeness (QED) is 0.377. The maximum Gasteiger partial charge on any atom is 0.226 e. The first kappa shape index (κ1) is 21.1. The highest BCUT2D eigenvalue weighted by Gasteiger charge is 2.35. The van der Waals surface area contributed by atoms with Crippen molar-refractivity contribution in [3.05, 3.63) is 89.5 Å². The second-order valence-electron chi connectivity index (χ2n) is 8.80. The summed E-state index contributed by atoms with van der Waals surface area (Å²) in [6.07, 6.45) is 1.25. The molecule has 0 N–H and O–H groups in total. The molecule has 0 radical (unpaired) electrons. The van der Waals surface area contributed by atoms with Gasteiger partial charge in [-0.05, 0) is 55.3 Å². The monoisotopic (exact) mass is 447 g/mol. The summed E-state index contributed by atoms with van der Waals surface area (Å²) in [4.78, 5) is 21.9. The summed E-state index contributed by atoms with van der Waals surface area (Å²) in [5.74, 6) is -1.68. The van der Waals surface area contributed by atoms with E-state index >= 15 is 4.39 Å². The van der Waals surface area contributed by atoms with Crippen molar-refractivity contribution in [3.8, 4) is 28.5 Å². The smallest absolute Gasteiger partial charge is 0.226 e. The van der Waals surface area contributed by atoms with E-state index in [0.29, 0.717) is 29.8 Å². The normalized spacial score (nSPS) is 14.9. The van der Waals surface area contributed by atoms with Gasteiger partial charge in [0.1, 0.15) is 23.0 Å². The summed E-state index contributed by atoms with van der Waals surface area (Å²) < 4.78 is 44.7. The van der Waals surface area contributed by atoms with Gasteiger partial charge in [0.05, 0.1) is 11.4 Å². The third kappa shape index (κ3) is 3.63. The van der Waals surface area contributed by atoms with Crippen LogP contribution in [0.5, 0.6) is 0 Å². The average Bonchev–Trinajstić information content (AvgIpc) is 3.13. The number of nitrogens with zero attached hydrogens (tertiary/aromatic N) is 3. The third-order valence-corrected chi connectivity index (χ3v) is 6.04. The summed E-state index contributed by atoms with van der Waals surface area (Å²) in [5, 5.41) is 0. The molecule has 7 heteroatoms. The van der Waals surface area contributed by atoms with Gasteiger partial charge in [-0.25, -0.2) is 18.7 Å². The molecule has 2 heterocycles. The highest BCUT2D eigenvalue weighted by atomic mass is 19.1. The van der Waals surface area contributed by atoms with Crippen LogP contribution in [0.2, 0.25) is 0 Å². The van der Waals surface area contributed by atoms with Gasteiger partial charge in [0.2, 0.25) is 5.95 Å². The molecule has 0 fully saturated rings.